The van der Waals surface area contributed by atoms with E-state index in [1.54, 1.807) is 24.3 Å². The Kier molecular flexibility index (Phi) is 7.64. The fraction of sp³-hybridized carbons (Fsp3) is 0.391. The second-order valence-corrected chi connectivity index (χ2v) is 6.97. The Hall–Kier alpha value is -2.86. The molecule has 6 heteroatoms. The van der Waals surface area contributed by atoms with Gasteiger partial charge in [0.25, 0.3) is 5.91 Å². The molecule has 0 bridgehead atoms. The summed E-state index contributed by atoms with van der Waals surface area (Å²) in [7, 11) is 0. The summed E-state index contributed by atoms with van der Waals surface area (Å²) in [5.74, 6) is 1.56. The highest BCUT2D eigenvalue weighted by Gasteiger charge is 2.21. The molecule has 0 atom stereocenters. The van der Waals surface area contributed by atoms with Gasteiger partial charge in [-0.25, -0.2) is 0 Å². The molecule has 154 valence electrons. The maximum atomic E-state index is 12.4. The first-order valence-corrected chi connectivity index (χ1v) is 10.1. The summed E-state index contributed by atoms with van der Waals surface area (Å²) in [4.78, 5) is 28.2. The van der Waals surface area contributed by atoms with E-state index in [0.29, 0.717) is 37.4 Å². The number of carbonyl (C=O) groups excluding carboxylic acids is 2. The number of hydrogen-bond donors (Lipinski definition) is 0. The number of ether oxygens (including phenoxy) is 2. The van der Waals surface area contributed by atoms with Crippen LogP contribution >= 0.6 is 0 Å². The quantitative estimate of drug-likeness (QED) is 0.610. The Labute approximate surface area is 172 Å². The Morgan fingerprint density at radius 3 is 2.17 bits per heavy atom. The van der Waals surface area contributed by atoms with E-state index in [9.17, 15) is 9.59 Å². The summed E-state index contributed by atoms with van der Waals surface area (Å²) in [6, 6.07) is 16.7. The zero-order valence-electron chi connectivity index (χ0n) is 16.9. The predicted molar refractivity (Wildman–Crippen MR) is 112 cm³/mol. The van der Waals surface area contributed by atoms with E-state index >= 15 is 0 Å². The van der Waals surface area contributed by atoms with Crippen molar-refractivity contribution in [3.05, 3.63) is 60.2 Å². The minimum atomic E-state index is -0.0149. The van der Waals surface area contributed by atoms with Crippen molar-refractivity contribution in [2.75, 3.05) is 45.9 Å². The first-order chi connectivity index (χ1) is 14.2. The molecule has 1 aliphatic rings. The highest BCUT2D eigenvalue weighted by atomic mass is 16.5. The van der Waals surface area contributed by atoms with Gasteiger partial charge in [-0.05, 0) is 36.4 Å². The van der Waals surface area contributed by atoms with Crippen LogP contribution in [0.5, 0.6) is 11.5 Å². The molecule has 1 fully saturated rings. The van der Waals surface area contributed by atoms with Gasteiger partial charge < -0.3 is 14.4 Å². The lowest BCUT2D eigenvalue weighted by Crippen LogP contribution is -2.50. The fourth-order valence-electron chi connectivity index (χ4n) is 3.21. The molecule has 0 aromatic heterocycles. The maximum Gasteiger partial charge on any atom is 0.260 e. The van der Waals surface area contributed by atoms with Crippen molar-refractivity contribution in [3.8, 4) is 11.5 Å². The first-order valence-electron chi connectivity index (χ1n) is 10.1. The number of piperazine rings is 1. The zero-order chi connectivity index (χ0) is 20.5. The van der Waals surface area contributed by atoms with Gasteiger partial charge in [0, 0.05) is 44.7 Å². The number of amides is 1. The highest BCUT2D eigenvalue weighted by molar-refractivity contribution is 5.95. The van der Waals surface area contributed by atoms with E-state index in [1.807, 2.05) is 42.2 Å². The van der Waals surface area contributed by atoms with Gasteiger partial charge in [-0.1, -0.05) is 25.1 Å². The molecule has 6 nitrogen and oxygen atoms in total. The van der Waals surface area contributed by atoms with Crippen LogP contribution in [0.25, 0.3) is 0 Å². The lowest BCUT2D eigenvalue weighted by Gasteiger charge is -2.34. The number of benzene rings is 2. The van der Waals surface area contributed by atoms with Crippen molar-refractivity contribution in [2.45, 2.75) is 13.3 Å². The summed E-state index contributed by atoms with van der Waals surface area (Å²) >= 11 is 0. The second-order valence-electron chi connectivity index (χ2n) is 6.97. The van der Waals surface area contributed by atoms with Gasteiger partial charge in [-0.2, -0.15) is 0 Å². The van der Waals surface area contributed by atoms with E-state index in [2.05, 4.69) is 4.90 Å². The van der Waals surface area contributed by atoms with Gasteiger partial charge >= 0.3 is 0 Å². The smallest absolute Gasteiger partial charge is 0.260 e. The third-order valence-electron chi connectivity index (χ3n) is 5.00. The number of para-hydroxylation sites is 1. The van der Waals surface area contributed by atoms with Gasteiger partial charge in [0.05, 0.1) is 0 Å². The average Bonchev–Trinajstić information content (AvgIpc) is 2.78. The minimum absolute atomic E-state index is 0.0121. The molecule has 1 saturated heterocycles. The van der Waals surface area contributed by atoms with Gasteiger partial charge in [-0.15, -0.1) is 0 Å². The summed E-state index contributed by atoms with van der Waals surface area (Å²) < 4.78 is 11.3. The predicted octanol–water partition coefficient (Wildman–Crippen LogP) is 2.88. The largest absolute Gasteiger partial charge is 0.492 e. The molecule has 0 radical (unpaired) electrons. The average molecular weight is 396 g/mol. The van der Waals surface area contributed by atoms with E-state index in [0.717, 1.165) is 25.4 Å². The van der Waals surface area contributed by atoms with Gasteiger partial charge in [0.1, 0.15) is 18.1 Å². The van der Waals surface area contributed by atoms with Crippen LogP contribution in [0.2, 0.25) is 0 Å². The van der Waals surface area contributed by atoms with E-state index in [4.69, 9.17) is 9.47 Å². The molecular formula is C23H28N2O4. The minimum Gasteiger partial charge on any atom is -0.492 e. The van der Waals surface area contributed by atoms with Crippen LogP contribution in [0.15, 0.2) is 54.6 Å². The topological polar surface area (TPSA) is 59.1 Å². The molecule has 0 unspecified atom stereocenters. The molecule has 29 heavy (non-hydrogen) atoms. The number of carbonyl (C=O) groups is 2. The molecule has 0 aliphatic carbocycles. The Bertz CT molecular complexity index is 784. The summed E-state index contributed by atoms with van der Waals surface area (Å²) in [5.41, 5.74) is 0.665. The molecule has 0 spiro atoms. The molecule has 1 heterocycles. The normalized spacial score (nSPS) is 14.4. The van der Waals surface area contributed by atoms with Crippen molar-refractivity contribution in [1.29, 1.82) is 0 Å². The van der Waals surface area contributed by atoms with Gasteiger partial charge in [0.2, 0.25) is 0 Å². The number of hydrogen-bond acceptors (Lipinski definition) is 5. The van der Waals surface area contributed by atoms with E-state index in [1.165, 1.54) is 0 Å². The van der Waals surface area contributed by atoms with Crippen LogP contribution in [0, 0.1) is 0 Å². The fourth-order valence-corrected chi connectivity index (χ4v) is 3.21. The van der Waals surface area contributed by atoms with Crippen LogP contribution in [-0.4, -0.2) is 67.4 Å². The Morgan fingerprint density at radius 1 is 0.862 bits per heavy atom. The number of rotatable bonds is 9. The molecule has 1 aliphatic heterocycles. The second kappa shape index (κ2) is 10.6. The molecule has 3 rings (SSSR count). The third kappa shape index (κ3) is 6.32. The van der Waals surface area contributed by atoms with Crippen molar-refractivity contribution in [2.24, 2.45) is 0 Å². The zero-order valence-corrected chi connectivity index (χ0v) is 16.9. The van der Waals surface area contributed by atoms with Crippen LogP contribution in [0.1, 0.15) is 23.7 Å². The summed E-state index contributed by atoms with van der Waals surface area (Å²) in [6.45, 7) is 6.37. The molecule has 0 saturated carbocycles. The molecule has 0 N–H and O–H groups in total. The lowest BCUT2D eigenvalue weighted by molar-refractivity contribution is -0.135. The third-order valence-corrected chi connectivity index (χ3v) is 5.00. The molecular weight excluding hydrogens is 368 g/mol. The number of Topliss-reactive ketones (excluding diaryl/α,β-unsaturated/α-hetero) is 1. The lowest BCUT2D eigenvalue weighted by atomic mass is 10.1. The van der Waals surface area contributed by atoms with Crippen LogP contribution in [0.4, 0.5) is 0 Å². The SMILES string of the molecule is CCC(=O)c1ccc(OCC(=O)N2CCN(CCOc3ccccc3)CC2)cc1. The van der Waals surface area contributed by atoms with E-state index < -0.39 is 0 Å². The number of ketones is 1. The first kappa shape index (κ1) is 20.9. The molecule has 1 amide bonds. The number of nitrogens with zero attached hydrogens (tertiary/aromatic N) is 2. The van der Waals surface area contributed by atoms with Crippen molar-refractivity contribution in [1.82, 2.24) is 9.80 Å². The Morgan fingerprint density at radius 2 is 1.52 bits per heavy atom. The van der Waals surface area contributed by atoms with Crippen LogP contribution in [0.3, 0.4) is 0 Å². The van der Waals surface area contributed by atoms with Gasteiger partial charge in [0.15, 0.2) is 12.4 Å². The summed E-state index contributed by atoms with van der Waals surface area (Å²) in [5, 5.41) is 0. The monoisotopic (exact) mass is 396 g/mol. The van der Waals surface area contributed by atoms with Crippen molar-refractivity contribution < 1.29 is 19.1 Å². The van der Waals surface area contributed by atoms with Crippen molar-refractivity contribution in [3.63, 3.8) is 0 Å². The molecule has 2 aromatic rings. The van der Waals surface area contributed by atoms with E-state index in [-0.39, 0.29) is 18.3 Å². The Balaban J connectivity index is 1.35. The molecule has 2 aromatic carbocycles. The van der Waals surface area contributed by atoms with Crippen LogP contribution < -0.4 is 9.47 Å². The summed E-state index contributed by atoms with van der Waals surface area (Å²) in [6.07, 6.45) is 0.475. The van der Waals surface area contributed by atoms with Gasteiger partial charge in [-0.3, -0.25) is 14.5 Å². The maximum absolute atomic E-state index is 12.4. The standard InChI is InChI=1S/C23H28N2O4/c1-2-22(26)19-8-10-21(11-9-19)29-18-23(27)25-14-12-24(13-15-25)16-17-28-20-6-4-3-5-7-20/h3-11H,2,12-18H2,1H3. The highest BCUT2D eigenvalue weighted by Crippen LogP contribution is 2.14. The van der Waals surface area contributed by atoms with Crippen LogP contribution in [-0.2, 0) is 4.79 Å². The van der Waals surface area contributed by atoms with Crippen molar-refractivity contribution >= 4 is 11.7 Å².